The molecule has 1 rings (SSSR count). The van der Waals surface area contributed by atoms with Crippen LogP contribution >= 0.6 is 0 Å². The molecule has 1 heterocycles. The standard InChI is InChI=1S/C11H23N3O2/c1-8-5-12-6-9(14-8)7-13-10(15)16-11(2,3)4/h8-9,12,14H,5-7H2,1-4H3,(H,13,15). The second kappa shape index (κ2) is 5.50. The van der Waals surface area contributed by atoms with Gasteiger partial charge >= 0.3 is 6.09 Å². The highest BCUT2D eigenvalue weighted by Gasteiger charge is 2.20. The molecule has 0 saturated carbocycles. The van der Waals surface area contributed by atoms with Crippen LogP contribution in [-0.2, 0) is 4.74 Å². The molecule has 5 nitrogen and oxygen atoms in total. The molecular formula is C11H23N3O2. The summed E-state index contributed by atoms with van der Waals surface area (Å²) < 4.78 is 5.16. The first kappa shape index (κ1) is 13.3. The van der Waals surface area contributed by atoms with Crippen molar-refractivity contribution in [2.24, 2.45) is 0 Å². The van der Waals surface area contributed by atoms with Crippen molar-refractivity contribution in [1.82, 2.24) is 16.0 Å². The Morgan fingerprint density at radius 3 is 2.69 bits per heavy atom. The predicted molar refractivity (Wildman–Crippen MR) is 63.5 cm³/mol. The third-order valence-corrected chi connectivity index (χ3v) is 2.25. The van der Waals surface area contributed by atoms with Crippen LogP contribution in [0.4, 0.5) is 4.79 Å². The fraction of sp³-hybridized carbons (Fsp3) is 0.909. The largest absolute Gasteiger partial charge is 0.444 e. The average molecular weight is 229 g/mol. The average Bonchev–Trinajstić information content (AvgIpc) is 2.12. The Morgan fingerprint density at radius 2 is 2.12 bits per heavy atom. The van der Waals surface area contributed by atoms with E-state index in [1.54, 1.807) is 0 Å². The molecule has 2 unspecified atom stereocenters. The Balaban J connectivity index is 2.21. The molecule has 94 valence electrons. The summed E-state index contributed by atoms with van der Waals surface area (Å²) in [6, 6.07) is 0.718. The Kier molecular flexibility index (Phi) is 4.56. The monoisotopic (exact) mass is 229 g/mol. The van der Waals surface area contributed by atoms with Gasteiger partial charge in [0.25, 0.3) is 0 Å². The zero-order valence-electron chi connectivity index (χ0n) is 10.6. The molecule has 1 aliphatic rings. The summed E-state index contributed by atoms with van der Waals surface area (Å²) in [5, 5.41) is 9.47. The minimum atomic E-state index is -0.435. The van der Waals surface area contributed by atoms with Gasteiger partial charge in [-0.2, -0.15) is 0 Å². The summed E-state index contributed by atoms with van der Waals surface area (Å²) in [5.74, 6) is 0. The molecule has 2 atom stereocenters. The maximum Gasteiger partial charge on any atom is 0.407 e. The Bertz CT molecular complexity index is 238. The Morgan fingerprint density at radius 1 is 1.44 bits per heavy atom. The number of carbonyl (C=O) groups excluding carboxylic acids is 1. The second-order valence-electron chi connectivity index (χ2n) is 5.31. The number of amides is 1. The number of hydrogen-bond donors (Lipinski definition) is 3. The van der Waals surface area contributed by atoms with Gasteiger partial charge in [0.05, 0.1) is 0 Å². The number of ether oxygens (including phenoxy) is 1. The van der Waals surface area contributed by atoms with E-state index in [1.807, 2.05) is 20.8 Å². The van der Waals surface area contributed by atoms with Gasteiger partial charge in [0.1, 0.15) is 5.60 Å². The van der Waals surface area contributed by atoms with Crippen molar-refractivity contribution >= 4 is 6.09 Å². The minimum Gasteiger partial charge on any atom is -0.444 e. The molecule has 3 N–H and O–H groups in total. The molecule has 0 aromatic rings. The van der Waals surface area contributed by atoms with E-state index in [0.717, 1.165) is 13.1 Å². The normalized spacial score (nSPS) is 26.2. The van der Waals surface area contributed by atoms with E-state index in [-0.39, 0.29) is 12.1 Å². The van der Waals surface area contributed by atoms with Crippen molar-refractivity contribution in [1.29, 1.82) is 0 Å². The predicted octanol–water partition coefficient (Wildman–Crippen LogP) is 0.461. The van der Waals surface area contributed by atoms with Crippen LogP contribution in [0.5, 0.6) is 0 Å². The van der Waals surface area contributed by atoms with E-state index in [2.05, 4.69) is 22.9 Å². The summed E-state index contributed by atoms with van der Waals surface area (Å²) in [6.45, 7) is 10.1. The third-order valence-electron chi connectivity index (χ3n) is 2.25. The van der Waals surface area contributed by atoms with E-state index in [1.165, 1.54) is 0 Å². The summed E-state index contributed by atoms with van der Waals surface area (Å²) in [7, 11) is 0. The molecule has 0 aromatic carbocycles. The van der Waals surface area contributed by atoms with Crippen LogP contribution in [0.15, 0.2) is 0 Å². The van der Waals surface area contributed by atoms with Gasteiger partial charge in [-0.1, -0.05) is 0 Å². The Hall–Kier alpha value is -0.810. The van der Waals surface area contributed by atoms with Gasteiger partial charge in [0.15, 0.2) is 0 Å². The van der Waals surface area contributed by atoms with Crippen LogP contribution in [0.2, 0.25) is 0 Å². The fourth-order valence-corrected chi connectivity index (χ4v) is 1.65. The SMILES string of the molecule is CC1CNCC(CNC(=O)OC(C)(C)C)N1. The topological polar surface area (TPSA) is 62.4 Å². The van der Waals surface area contributed by atoms with Crippen LogP contribution in [0.3, 0.4) is 0 Å². The van der Waals surface area contributed by atoms with Gasteiger partial charge in [0.2, 0.25) is 0 Å². The molecule has 0 aliphatic carbocycles. The highest BCUT2D eigenvalue weighted by Crippen LogP contribution is 2.06. The molecule has 1 aliphatic heterocycles. The van der Waals surface area contributed by atoms with E-state index in [9.17, 15) is 4.79 Å². The van der Waals surface area contributed by atoms with Gasteiger partial charge in [0, 0.05) is 31.7 Å². The molecule has 16 heavy (non-hydrogen) atoms. The van der Waals surface area contributed by atoms with E-state index in [4.69, 9.17) is 4.74 Å². The summed E-state index contributed by atoms with van der Waals surface area (Å²) >= 11 is 0. The maximum atomic E-state index is 11.4. The number of carbonyl (C=O) groups is 1. The van der Waals surface area contributed by atoms with E-state index < -0.39 is 5.60 Å². The zero-order valence-corrected chi connectivity index (χ0v) is 10.6. The second-order valence-corrected chi connectivity index (χ2v) is 5.31. The molecule has 0 spiro atoms. The van der Waals surface area contributed by atoms with Gasteiger partial charge in [-0.25, -0.2) is 4.79 Å². The minimum absolute atomic E-state index is 0.274. The highest BCUT2D eigenvalue weighted by atomic mass is 16.6. The first-order valence-electron chi connectivity index (χ1n) is 5.80. The molecule has 5 heteroatoms. The summed E-state index contributed by atoms with van der Waals surface area (Å²) in [4.78, 5) is 11.4. The number of hydrogen-bond acceptors (Lipinski definition) is 4. The Labute approximate surface area is 97.3 Å². The molecule has 1 saturated heterocycles. The number of piperazine rings is 1. The van der Waals surface area contributed by atoms with Gasteiger partial charge in [-0.3, -0.25) is 0 Å². The van der Waals surface area contributed by atoms with Crippen molar-refractivity contribution < 1.29 is 9.53 Å². The van der Waals surface area contributed by atoms with Gasteiger partial charge < -0.3 is 20.7 Å². The number of nitrogens with one attached hydrogen (secondary N) is 3. The molecule has 0 aromatic heterocycles. The van der Waals surface area contributed by atoms with Crippen molar-refractivity contribution in [3.63, 3.8) is 0 Å². The lowest BCUT2D eigenvalue weighted by Crippen LogP contribution is -2.57. The maximum absolute atomic E-state index is 11.4. The van der Waals surface area contributed by atoms with E-state index >= 15 is 0 Å². The first-order chi connectivity index (χ1) is 7.37. The highest BCUT2D eigenvalue weighted by molar-refractivity contribution is 5.67. The van der Waals surface area contributed by atoms with Crippen LogP contribution in [-0.4, -0.2) is 43.4 Å². The molecule has 1 fully saturated rings. The summed E-state index contributed by atoms with van der Waals surface area (Å²) in [6.07, 6.45) is -0.354. The third kappa shape index (κ3) is 5.32. The number of rotatable bonds is 2. The smallest absolute Gasteiger partial charge is 0.407 e. The quantitative estimate of drug-likeness (QED) is 0.644. The van der Waals surface area contributed by atoms with Crippen LogP contribution in [0, 0.1) is 0 Å². The van der Waals surface area contributed by atoms with Crippen LogP contribution in [0.1, 0.15) is 27.7 Å². The van der Waals surface area contributed by atoms with Crippen molar-refractivity contribution in [2.75, 3.05) is 19.6 Å². The fourth-order valence-electron chi connectivity index (χ4n) is 1.65. The lowest BCUT2D eigenvalue weighted by atomic mass is 10.2. The van der Waals surface area contributed by atoms with Crippen molar-refractivity contribution in [3.05, 3.63) is 0 Å². The zero-order chi connectivity index (χ0) is 12.2. The molecular weight excluding hydrogens is 206 g/mol. The molecule has 1 amide bonds. The summed E-state index contributed by atoms with van der Waals surface area (Å²) in [5.41, 5.74) is -0.435. The first-order valence-corrected chi connectivity index (χ1v) is 5.80. The van der Waals surface area contributed by atoms with Gasteiger partial charge in [-0.05, 0) is 27.7 Å². The molecule has 0 bridgehead atoms. The lowest BCUT2D eigenvalue weighted by molar-refractivity contribution is 0.0520. The van der Waals surface area contributed by atoms with Gasteiger partial charge in [-0.15, -0.1) is 0 Å². The van der Waals surface area contributed by atoms with Crippen molar-refractivity contribution in [3.8, 4) is 0 Å². The van der Waals surface area contributed by atoms with E-state index in [0.29, 0.717) is 12.6 Å². The van der Waals surface area contributed by atoms with Crippen LogP contribution in [0.25, 0.3) is 0 Å². The van der Waals surface area contributed by atoms with Crippen LogP contribution < -0.4 is 16.0 Å². The van der Waals surface area contributed by atoms with Crippen molar-refractivity contribution in [2.45, 2.75) is 45.4 Å². The molecule has 0 radical (unpaired) electrons. The lowest BCUT2D eigenvalue weighted by Gasteiger charge is -2.30. The number of alkyl carbamates (subject to hydrolysis) is 1.